The van der Waals surface area contributed by atoms with Gasteiger partial charge in [-0.2, -0.15) is 0 Å². The zero-order valence-corrected chi connectivity index (χ0v) is 10.9. The fourth-order valence-corrected chi connectivity index (χ4v) is 2.35. The standard InChI is InChI=1S/C11H12ClNO4S/c12-9-3-5-10(6-4-9)18(16,17)8-2-1-7-13-11(14)15/h2-6,8,13H,1,7H2,(H,14,15)/b8-2+. The molecule has 0 fully saturated rings. The highest BCUT2D eigenvalue weighted by Gasteiger charge is 2.09. The van der Waals surface area contributed by atoms with E-state index in [1.165, 1.54) is 30.3 Å². The Balaban J connectivity index is 2.62. The van der Waals surface area contributed by atoms with Crippen LogP contribution in [0.25, 0.3) is 0 Å². The van der Waals surface area contributed by atoms with Crippen LogP contribution in [-0.2, 0) is 9.84 Å². The molecule has 0 spiro atoms. The number of hydrogen-bond acceptors (Lipinski definition) is 3. The van der Waals surface area contributed by atoms with Crippen LogP contribution in [0, 0.1) is 0 Å². The van der Waals surface area contributed by atoms with Crippen molar-refractivity contribution < 1.29 is 18.3 Å². The van der Waals surface area contributed by atoms with Gasteiger partial charge in [0.25, 0.3) is 0 Å². The molecule has 1 rings (SSSR count). The van der Waals surface area contributed by atoms with Gasteiger partial charge in [0.2, 0.25) is 0 Å². The number of hydrogen-bond donors (Lipinski definition) is 2. The normalized spacial score (nSPS) is 11.6. The van der Waals surface area contributed by atoms with Crippen LogP contribution in [-0.4, -0.2) is 26.2 Å². The monoisotopic (exact) mass is 289 g/mol. The molecule has 0 radical (unpaired) electrons. The van der Waals surface area contributed by atoms with Gasteiger partial charge in [-0.3, -0.25) is 0 Å². The third kappa shape index (κ3) is 4.77. The molecule has 0 unspecified atom stereocenters. The smallest absolute Gasteiger partial charge is 0.404 e. The molecule has 1 amide bonds. The van der Waals surface area contributed by atoms with Crippen LogP contribution < -0.4 is 5.32 Å². The Bertz CT molecular complexity index is 537. The molecule has 0 saturated carbocycles. The molecule has 18 heavy (non-hydrogen) atoms. The molecule has 1 aromatic rings. The van der Waals surface area contributed by atoms with Crippen molar-refractivity contribution in [2.75, 3.05) is 6.54 Å². The quantitative estimate of drug-likeness (QED) is 0.815. The van der Waals surface area contributed by atoms with Gasteiger partial charge < -0.3 is 10.4 Å². The molecule has 0 atom stereocenters. The highest BCUT2D eigenvalue weighted by Crippen LogP contribution is 2.16. The van der Waals surface area contributed by atoms with E-state index >= 15 is 0 Å². The Hall–Kier alpha value is -1.53. The molecule has 0 aliphatic rings. The van der Waals surface area contributed by atoms with Crippen LogP contribution in [0.1, 0.15) is 6.42 Å². The lowest BCUT2D eigenvalue weighted by Crippen LogP contribution is -2.21. The van der Waals surface area contributed by atoms with E-state index in [1.54, 1.807) is 0 Å². The second-order valence-corrected chi connectivity index (χ2v) is 5.66. The number of amides is 1. The minimum absolute atomic E-state index is 0.148. The first-order valence-electron chi connectivity index (χ1n) is 5.06. The summed E-state index contributed by atoms with van der Waals surface area (Å²) in [6.07, 6.45) is 0.572. The molecule has 1 aromatic carbocycles. The van der Waals surface area contributed by atoms with Gasteiger partial charge in [0, 0.05) is 17.0 Å². The van der Waals surface area contributed by atoms with E-state index < -0.39 is 15.9 Å². The van der Waals surface area contributed by atoms with E-state index in [4.69, 9.17) is 16.7 Å². The molecule has 98 valence electrons. The van der Waals surface area contributed by atoms with Crippen molar-refractivity contribution in [1.82, 2.24) is 5.32 Å². The average Bonchev–Trinajstić information content (AvgIpc) is 2.28. The summed E-state index contributed by atoms with van der Waals surface area (Å²) in [6.45, 7) is 0.169. The summed E-state index contributed by atoms with van der Waals surface area (Å²) in [7, 11) is -3.49. The number of rotatable bonds is 5. The molecule has 0 aliphatic heterocycles. The summed E-state index contributed by atoms with van der Waals surface area (Å²) < 4.78 is 23.5. The van der Waals surface area contributed by atoms with Gasteiger partial charge in [-0.05, 0) is 30.7 Å². The van der Waals surface area contributed by atoms with Crippen LogP contribution in [0.3, 0.4) is 0 Å². The Labute approximate surface area is 110 Å². The molecular weight excluding hydrogens is 278 g/mol. The molecule has 0 bridgehead atoms. The van der Waals surface area contributed by atoms with Crippen LogP contribution in [0.15, 0.2) is 40.6 Å². The first-order chi connectivity index (χ1) is 8.42. The molecule has 0 aliphatic carbocycles. The minimum atomic E-state index is -3.49. The van der Waals surface area contributed by atoms with Gasteiger partial charge in [-0.25, -0.2) is 13.2 Å². The third-order valence-electron chi connectivity index (χ3n) is 2.00. The number of halogens is 1. The first-order valence-corrected chi connectivity index (χ1v) is 6.98. The topological polar surface area (TPSA) is 83.5 Å². The maximum absolute atomic E-state index is 11.8. The lowest BCUT2D eigenvalue weighted by Gasteiger charge is -1.99. The Kier molecular flexibility index (Phi) is 5.18. The van der Waals surface area contributed by atoms with Gasteiger partial charge >= 0.3 is 6.09 Å². The zero-order chi connectivity index (χ0) is 13.6. The van der Waals surface area contributed by atoms with Crippen molar-refractivity contribution >= 4 is 27.5 Å². The molecule has 5 nitrogen and oxygen atoms in total. The molecule has 7 heteroatoms. The van der Waals surface area contributed by atoms with Crippen molar-refractivity contribution in [3.05, 3.63) is 40.8 Å². The van der Waals surface area contributed by atoms with Gasteiger partial charge in [-0.1, -0.05) is 17.7 Å². The van der Waals surface area contributed by atoms with Crippen molar-refractivity contribution in [3.8, 4) is 0 Å². The van der Waals surface area contributed by atoms with Crippen LogP contribution in [0.5, 0.6) is 0 Å². The number of sulfone groups is 1. The van der Waals surface area contributed by atoms with Crippen molar-refractivity contribution in [2.24, 2.45) is 0 Å². The summed E-state index contributed by atoms with van der Waals surface area (Å²) in [6, 6.07) is 5.82. The van der Waals surface area contributed by atoms with Gasteiger partial charge in [0.05, 0.1) is 4.90 Å². The maximum atomic E-state index is 11.8. The number of nitrogens with one attached hydrogen (secondary N) is 1. The molecule has 0 heterocycles. The lowest BCUT2D eigenvalue weighted by atomic mass is 10.4. The molecule has 0 aromatic heterocycles. The Morgan fingerprint density at radius 1 is 1.33 bits per heavy atom. The molecular formula is C11H12ClNO4S. The SMILES string of the molecule is O=C(O)NCC/C=C/S(=O)(=O)c1ccc(Cl)cc1. The second-order valence-electron chi connectivity index (χ2n) is 3.39. The minimum Gasteiger partial charge on any atom is -0.465 e. The highest BCUT2D eigenvalue weighted by atomic mass is 35.5. The van der Waals surface area contributed by atoms with Gasteiger partial charge in [0.15, 0.2) is 9.84 Å². The molecule has 2 N–H and O–H groups in total. The van der Waals surface area contributed by atoms with Crippen LogP contribution >= 0.6 is 11.6 Å². The number of carboxylic acid groups (broad SMARTS) is 1. The zero-order valence-electron chi connectivity index (χ0n) is 9.34. The highest BCUT2D eigenvalue weighted by molar-refractivity contribution is 7.94. The van der Waals surface area contributed by atoms with E-state index in [0.717, 1.165) is 5.41 Å². The maximum Gasteiger partial charge on any atom is 0.404 e. The summed E-state index contributed by atoms with van der Waals surface area (Å²) in [5.41, 5.74) is 0. The fraction of sp³-hybridized carbons (Fsp3) is 0.182. The Morgan fingerprint density at radius 3 is 2.50 bits per heavy atom. The summed E-state index contributed by atoms with van der Waals surface area (Å²) in [5, 5.41) is 12.0. The average molecular weight is 290 g/mol. The van der Waals surface area contributed by atoms with Crippen molar-refractivity contribution in [3.63, 3.8) is 0 Å². The van der Waals surface area contributed by atoms with Crippen molar-refractivity contribution in [1.29, 1.82) is 0 Å². The summed E-state index contributed by atoms with van der Waals surface area (Å²) >= 11 is 5.66. The first kappa shape index (κ1) is 14.5. The largest absolute Gasteiger partial charge is 0.465 e. The van der Waals surface area contributed by atoms with E-state index in [2.05, 4.69) is 5.32 Å². The van der Waals surface area contributed by atoms with Crippen molar-refractivity contribution in [2.45, 2.75) is 11.3 Å². The number of benzene rings is 1. The van der Waals surface area contributed by atoms with Gasteiger partial charge in [-0.15, -0.1) is 0 Å². The Morgan fingerprint density at radius 2 is 1.94 bits per heavy atom. The van der Waals surface area contributed by atoms with Gasteiger partial charge in [0.1, 0.15) is 0 Å². The van der Waals surface area contributed by atoms with E-state index in [1.807, 2.05) is 0 Å². The predicted molar refractivity (Wildman–Crippen MR) is 68.4 cm³/mol. The van der Waals surface area contributed by atoms with Crippen LogP contribution in [0.4, 0.5) is 4.79 Å². The van der Waals surface area contributed by atoms with E-state index in [0.29, 0.717) is 11.4 Å². The van der Waals surface area contributed by atoms with E-state index in [9.17, 15) is 13.2 Å². The second kappa shape index (κ2) is 6.42. The predicted octanol–water partition coefficient (Wildman–Crippen LogP) is 2.29. The lowest BCUT2D eigenvalue weighted by molar-refractivity contribution is 0.194. The fourth-order valence-electron chi connectivity index (χ4n) is 1.16. The van der Waals surface area contributed by atoms with Crippen LogP contribution in [0.2, 0.25) is 5.02 Å². The summed E-state index contributed by atoms with van der Waals surface area (Å²) in [4.78, 5) is 10.3. The number of carbonyl (C=O) groups is 1. The third-order valence-corrected chi connectivity index (χ3v) is 3.74. The summed E-state index contributed by atoms with van der Waals surface area (Å²) in [5.74, 6) is 0. The van der Waals surface area contributed by atoms with E-state index in [-0.39, 0.29) is 11.4 Å². The molecule has 0 saturated heterocycles.